The monoisotopic (exact) mass is 474 g/mol. The Bertz CT molecular complexity index is 831. The molecule has 0 heterocycles. The number of nitrogens with zero attached hydrogens (tertiary/aromatic N) is 1. The summed E-state index contributed by atoms with van der Waals surface area (Å²) in [6.45, 7) is 2.62. The smallest absolute Gasteiger partial charge is 0.381 e. The first kappa shape index (κ1) is 27.9. The van der Waals surface area contributed by atoms with Gasteiger partial charge in [-0.25, -0.2) is 0 Å². The Hall–Kier alpha value is -3.15. The number of benzene rings is 1. The van der Waals surface area contributed by atoms with Crippen molar-refractivity contribution in [3.8, 4) is 0 Å². The van der Waals surface area contributed by atoms with Crippen LogP contribution in [0.5, 0.6) is 0 Å². The lowest BCUT2D eigenvalue weighted by atomic mass is 9.98. The standard InChI is InChI=1S/C21H29F3N4O5/c1-12(2)10-14(26-20(33)21(22,23)24)17(30)18(31)25-11-15(29)27-16(19(32)28(3)4)13-8-6-5-7-9-13/h5-9,12,14,16-17,30H,10-11H2,1-4H3,(H,25,31)(H,26,33)(H,27,29). The highest BCUT2D eigenvalue weighted by Crippen LogP contribution is 2.17. The van der Waals surface area contributed by atoms with E-state index in [1.54, 1.807) is 49.5 Å². The molecule has 0 radical (unpaired) electrons. The van der Waals surface area contributed by atoms with Gasteiger partial charge in [0.15, 0.2) is 6.10 Å². The van der Waals surface area contributed by atoms with E-state index in [0.29, 0.717) is 5.56 Å². The first-order chi connectivity index (χ1) is 15.2. The molecule has 184 valence electrons. The van der Waals surface area contributed by atoms with Crippen LogP contribution in [0.25, 0.3) is 0 Å². The van der Waals surface area contributed by atoms with Gasteiger partial charge in [-0.3, -0.25) is 19.2 Å². The molecule has 0 aliphatic rings. The predicted octanol–water partition coefficient (Wildman–Crippen LogP) is 0.502. The molecule has 0 saturated heterocycles. The fraction of sp³-hybridized carbons (Fsp3) is 0.524. The number of carbonyl (C=O) groups excluding carboxylic acids is 4. The van der Waals surface area contributed by atoms with Crippen molar-refractivity contribution in [2.45, 2.75) is 44.6 Å². The largest absolute Gasteiger partial charge is 0.471 e. The molecule has 1 aromatic rings. The molecular formula is C21H29F3N4O5. The lowest BCUT2D eigenvalue weighted by Gasteiger charge is -2.26. The molecule has 0 aliphatic carbocycles. The van der Waals surface area contributed by atoms with Gasteiger partial charge in [0.1, 0.15) is 6.04 Å². The van der Waals surface area contributed by atoms with Gasteiger partial charge in [-0.2, -0.15) is 13.2 Å². The number of hydrogen-bond acceptors (Lipinski definition) is 5. The topological polar surface area (TPSA) is 128 Å². The van der Waals surface area contributed by atoms with Gasteiger partial charge in [0.2, 0.25) is 11.8 Å². The molecule has 4 N–H and O–H groups in total. The van der Waals surface area contributed by atoms with E-state index in [9.17, 15) is 37.5 Å². The highest BCUT2D eigenvalue weighted by atomic mass is 19.4. The SMILES string of the molecule is CC(C)CC(NC(=O)C(F)(F)F)C(O)C(=O)NCC(=O)NC(C(=O)N(C)C)c1ccccc1. The van der Waals surface area contributed by atoms with Crippen LogP contribution in [0.1, 0.15) is 31.9 Å². The number of nitrogens with one attached hydrogen (secondary N) is 3. The summed E-state index contributed by atoms with van der Waals surface area (Å²) in [6, 6.07) is 5.81. The Morgan fingerprint density at radius 2 is 1.61 bits per heavy atom. The van der Waals surface area contributed by atoms with Crippen molar-refractivity contribution in [2.75, 3.05) is 20.6 Å². The van der Waals surface area contributed by atoms with E-state index in [1.165, 1.54) is 19.0 Å². The van der Waals surface area contributed by atoms with E-state index in [1.807, 2.05) is 0 Å². The first-order valence-corrected chi connectivity index (χ1v) is 10.1. The van der Waals surface area contributed by atoms with Gasteiger partial charge in [0.05, 0.1) is 12.6 Å². The van der Waals surface area contributed by atoms with Crippen molar-refractivity contribution >= 4 is 23.6 Å². The second kappa shape index (κ2) is 12.2. The van der Waals surface area contributed by atoms with E-state index >= 15 is 0 Å². The van der Waals surface area contributed by atoms with Gasteiger partial charge < -0.3 is 26.0 Å². The van der Waals surface area contributed by atoms with E-state index in [-0.39, 0.29) is 12.3 Å². The van der Waals surface area contributed by atoms with Crippen LogP contribution < -0.4 is 16.0 Å². The third-order valence-electron chi connectivity index (χ3n) is 4.50. The lowest BCUT2D eigenvalue weighted by Crippen LogP contribution is -2.54. The molecule has 1 aromatic carbocycles. The number of likely N-dealkylation sites (N-methyl/N-ethyl adjacent to an activating group) is 1. The normalized spacial score (nSPS) is 14.1. The fourth-order valence-corrected chi connectivity index (χ4v) is 2.88. The van der Waals surface area contributed by atoms with Crippen LogP contribution >= 0.6 is 0 Å². The molecule has 33 heavy (non-hydrogen) atoms. The molecular weight excluding hydrogens is 445 g/mol. The van der Waals surface area contributed by atoms with E-state index in [0.717, 1.165) is 0 Å². The lowest BCUT2D eigenvalue weighted by molar-refractivity contribution is -0.175. The summed E-state index contributed by atoms with van der Waals surface area (Å²) in [5, 5.41) is 16.4. The summed E-state index contributed by atoms with van der Waals surface area (Å²) in [6.07, 6.45) is -7.33. The van der Waals surface area contributed by atoms with Crippen LogP contribution in [-0.4, -0.2) is 72.6 Å². The van der Waals surface area contributed by atoms with Crippen molar-refractivity contribution in [2.24, 2.45) is 5.92 Å². The Balaban J connectivity index is 2.81. The maximum Gasteiger partial charge on any atom is 0.471 e. The van der Waals surface area contributed by atoms with Crippen LogP contribution in [0.3, 0.4) is 0 Å². The molecule has 4 amide bonds. The molecule has 9 nitrogen and oxygen atoms in total. The van der Waals surface area contributed by atoms with Gasteiger partial charge in [-0.1, -0.05) is 44.2 Å². The molecule has 3 unspecified atom stereocenters. The van der Waals surface area contributed by atoms with E-state index in [4.69, 9.17) is 0 Å². The minimum atomic E-state index is -5.18. The number of amides is 4. The zero-order valence-corrected chi connectivity index (χ0v) is 18.8. The summed E-state index contributed by atoms with van der Waals surface area (Å²) < 4.78 is 37.7. The van der Waals surface area contributed by atoms with Gasteiger partial charge in [-0.15, -0.1) is 0 Å². The van der Waals surface area contributed by atoms with Crippen molar-refractivity contribution in [3.63, 3.8) is 0 Å². The summed E-state index contributed by atoms with van der Waals surface area (Å²) >= 11 is 0. The van der Waals surface area contributed by atoms with Crippen LogP contribution in [-0.2, 0) is 19.2 Å². The third kappa shape index (κ3) is 9.08. The average Bonchev–Trinajstić information content (AvgIpc) is 2.73. The number of aliphatic hydroxyl groups excluding tert-OH is 1. The van der Waals surface area contributed by atoms with Crippen molar-refractivity contribution in [3.05, 3.63) is 35.9 Å². The summed E-state index contributed by atoms with van der Waals surface area (Å²) in [5.74, 6) is -4.87. The molecule has 0 saturated carbocycles. The Morgan fingerprint density at radius 3 is 2.09 bits per heavy atom. The number of halogens is 3. The molecule has 0 bridgehead atoms. The maximum atomic E-state index is 12.6. The van der Waals surface area contributed by atoms with Crippen molar-refractivity contribution < 1.29 is 37.5 Å². The first-order valence-electron chi connectivity index (χ1n) is 10.1. The second-order valence-electron chi connectivity index (χ2n) is 8.01. The molecule has 3 atom stereocenters. The van der Waals surface area contributed by atoms with Crippen molar-refractivity contribution in [1.29, 1.82) is 0 Å². The number of aliphatic hydroxyl groups is 1. The van der Waals surface area contributed by atoms with Crippen LogP contribution in [0.15, 0.2) is 30.3 Å². The Labute approximate surface area is 189 Å². The Kier molecular flexibility index (Phi) is 10.3. The number of carbonyl (C=O) groups is 4. The van der Waals surface area contributed by atoms with E-state index in [2.05, 4.69) is 10.6 Å². The molecule has 0 aromatic heterocycles. The summed E-state index contributed by atoms with van der Waals surface area (Å²) in [7, 11) is 3.01. The average molecular weight is 474 g/mol. The maximum absolute atomic E-state index is 12.6. The molecule has 0 aliphatic heterocycles. The second-order valence-corrected chi connectivity index (χ2v) is 8.01. The van der Waals surface area contributed by atoms with Gasteiger partial charge in [0, 0.05) is 14.1 Å². The highest BCUT2D eigenvalue weighted by Gasteiger charge is 2.41. The number of rotatable bonds is 10. The van der Waals surface area contributed by atoms with Gasteiger partial charge >= 0.3 is 12.1 Å². The van der Waals surface area contributed by atoms with Gasteiger partial charge in [0.25, 0.3) is 5.91 Å². The van der Waals surface area contributed by atoms with Crippen molar-refractivity contribution in [1.82, 2.24) is 20.9 Å². The van der Waals surface area contributed by atoms with Crippen LogP contribution in [0, 0.1) is 5.92 Å². The van der Waals surface area contributed by atoms with Gasteiger partial charge in [-0.05, 0) is 17.9 Å². The molecule has 12 heteroatoms. The van der Waals surface area contributed by atoms with E-state index < -0.39 is 54.5 Å². The molecule has 0 spiro atoms. The third-order valence-corrected chi connectivity index (χ3v) is 4.50. The number of hydrogen-bond donors (Lipinski definition) is 4. The zero-order valence-electron chi connectivity index (χ0n) is 18.8. The minimum absolute atomic E-state index is 0.115. The summed E-state index contributed by atoms with van der Waals surface area (Å²) in [4.78, 5) is 49.6. The highest BCUT2D eigenvalue weighted by molar-refractivity contribution is 5.91. The molecule has 0 fully saturated rings. The van der Waals surface area contributed by atoms with Crippen LogP contribution in [0.2, 0.25) is 0 Å². The predicted molar refractivity (Wildman–Crippen MR) is 112 cm³/mol. The quantitative estimate of drug-likeness (QED) is 0.393. The fourth-order valence-electron chi connectivity index (χ4n) is 2.88. The summed E-state index contributed by atoms with van der Waals surface area (Å²) in [5.41, 5.74) is 0.503. The van der Waals surface area contributed by atoms with Crippen LogP contribution in [0.4, 0.5) is 13.2 Å². The Morgan fingerprint density at radius 1 is 1.03 bits per heavy atom. The molecule has 1 rings (SSSR count). The zero-order chi connectivity index (χ0) is 25.3. The minimum Gasteiger partial charge on any atom is -0.381 e. The number of alkyl halides is 3.